The van der Waals surface area contributed by atoms with Gasteiger partial charge in [0, 0.05) is 12.3 Å². The van der Waals surface area contributed by atoms with Crippen LogP contribution < -0.4 is 4.74 Å². The molecule has 1 aromatic carbocycles. The van der Waals surface area contributed by atoms with Crippen LogP contribution in [0.25, 0.3) is 0 Å². The number of benzene rings is 1. The number of hydrogen-bond donors (Lipinski definition) is 2. The molecule has 4 heteroatoms. The Morgan fingerprint density at radius 2 is 2.00 bits per heavy atom. The zero-order valence-electron chi connectivity index (χ0n) is 7.79. The first-order valence-electron chi connectivity index (χ1n) is 4.37. The monoisotopic (exact) mass is 219 g/mol. The molecule has 0 aliphatic heterocycles. The van der Waals surface area contributed by atoms with Gasteiger partial charge in [0.2, 0.25) is 5.88 Å². The Morgan fingerprint density at radius 3 is 2.73 bits per heavy atom. The number of hydrogen-bond acceptors (Lipinski definition) is 4. The van der Waals surface area contributed by atoms with E-state index in [0.717, 1.165) is 0 Å². The van der Waals surface area contributed by atoms with Crippen molar-refractivity contribution in [2.75, 3.05) is 0 Å². The van der Waals surface area contributed by atoms with Crippen LogP contribution in [0.2, 0.25) is 0 Å². The lowest BCUT2D eigenvalue weighted by Crippen LogP contribution is -1.87. The Hall–Kier alpha value is -1.68. The predicted octanol–water partition coefficient (Wildman–Crippen LogP) is 2.87. The Labute approximate surface area is 92.8 Å². The first-order chi connectivity index (χ1) is 7.27. The molecule has 2 rings (SSSR count). The Bertz CT molecular complexity index is 459. The summed E-state index contributed by atoms with van der Waals surface area (Å²) in [6.07, 6.45) is 1.64. The molecule has 0 aliphatic rings. The summed E-state index contributed by atoms with van der Waals surface area (Å²) >= 11 is 4.14. The molecule has 0 amide bonds. The van der Waals surface area contributed by atoms with Gasteiger partial charge in [-0.2, -0.15) is 0 Å². The molecule has 0 aliphatic carbocycles. The molecule has 76 valence electrons. The highest BCUT2D eigenvalue weighted by Gasteiger charge is 2.05. The van der Waals surface area contributed by atoms with Gasteiger partial charge in [-0.15, -0.1) is 12.6 Å². The van der Waals surface area contributed by atoms with Crippen molar-refractivity contribution in [2.24, 2.45) is 0 Å². The maximum atomic E-state index is 9.40. The molecular formula is C11H9NO2S. The fraction of sp³-hybridized carbons (Fsp3) is 0. The Morgan fingerprint density at radius 1 is 1.13 bits per heavy atom. The lowest BCUT2D eigenvalue weighted by molar-refractivity contribution is 0.425. The van der Waals surface area contributed by atoms with E-state index in [2.05, 4.69) is 17.6 Å². The van der Waals surface area contributed by atoms with Crippen LogP contribution in [-0.4, -0.2) is 10.1 Å². The van der Waals surface area contributed by atoms with Crippen molar-refractivity contribution in [1.82, 2.24) is 4.98 Å². The molecule has 0 saturated heterocycles. The summed E-state index contributed by atoms with van der Waals surface area (Å²) in [5.74, 6) is 1.04. The third-order valence-corrected chi connectivity index (χ3v) is 2.28. The fourth-order valence-corrected chi connectivity index (χ4v) is 1.31. The minimum Gasteiger partial charge on any atom is -0.507 e. The summed E-state index contributed by atoms with van der Waals surface area (Å²) in [6.45, 7) is 0. The predicted molar refractivity (Wildman–Crippen MR) is 59.7 cm³/mol. The van der Waals surface area contributed by atoms with E-state index in [0.29, 0.717) is 16.5 Å². The summed E-state index contributed by atoms with van der Waals surface area (Å²) in [5.41, 5.74) is 0. The number of phenolic OH excluding ortho intramolecular Hbond substituents is 1. The van der Waals surface area contributed by atoms with Gasteiger partial charge in [-0.25, -0.2) is 4.98 Å². The van der Waals surface area contributed by atoms with Crippen molar-refractivity contribution in [3.63, 3.8) is 0 Å². The van der Waals surface area contributed by atoms with Gasteiger partial charge >= 0.3 is 0 Å². The smallest absolute Gasteiger partial charge is 0.219 e. The van der Waals surface area contributed by atoms with Crippen LogP contribution in [0.3, 0.4) is 0 Å². The quantitative estimate of drug-likeness (QED) is 0.763. The van der Waals surface area contributed by atoms with Crippen molar-refractivity contribution in [3.8, 4) is 17.4 Å². The van der Waals surface area contributed by atoms with Crippen molar-refractivity contribution < 1.29 is 9.84 Å². The van der Waals surface area contributed by atoms with Crippen molar-refractivity contribution >= 4 is 12.6 Å². The molecule has 15 heavy (non-hydrogen) atoms. The minimum absolute atomic E-state index is 0.0896. The van der Waals surface area contributed by atoms with Crippen molar-refractivity contribution in [3.05, 3.63) is 42.6 Å². The summed E-state index contributed by atoms with van der Waals surface area (Å²) in [7, 11) is 0. The Balaban J connectivity index is 2.29. The van der Waals surface area contributed by atoms with E-state index in [1.165, 1.54) is 0 Å². The molecule has 0 unspecified atom stereocenters. The number of nitrogens with zero attached hydrogens (tertiary/aromatic N) is 1. The molecule has 0 saturated carbocycles. The number of ether oxygens (including phenoxy) is 1. The number of aromatic hydroxyl groups is 1. The van der Waals surface area contributed by atoms with Crippen LogP contribution in [0.4, 0.5) is 0 Å². The first kappa shape index (κ1) is 9.86. The molecule has 0 spiro atoms. The molecule has 0 radical (unpaired) electrons. The van der Waals surface area contributed by atoms with Crippen LogP contribution in [0.5, 0.6) is 17.4 Å². The lowest BCUT2D eigenvalue weighted by Gasteiger charge is -2.07. The molecule has 1 N–H and O–H groups in total. The summed E-state index contributed by atoms with van der Waals surface area (Å²) in [6, 6.07) is 10.3. The van der Waals surface area contributed by atoms with Gasteiger partial charge < -0.3 is 9.84 Å². The molecule has 1 heterocycles. The third-order valence-electron chi connectivity index (χ3n) is 1.83. The first-order valence-corrected chi connectivity index (χ1v) is 4.82. The summed E-state index contributed by atoms with van der Waals surface area (Å²) in [5, 5.41) is 9.40. The van der Waals surface area contributed by atoms with E-state index >= 15 is 0 Å². The van der Waals surface area contributed by atoms with E-state index < -0.39 is 0 Å². The van der Waals surface area contributed by atoms with Crippen LogP contribution in [0, 0.1) is 0 Å². The largest absolute Gasteiger partial charge is 0.507 e. The molecule has 0 bridgehead atoms. The summed E-state index contributed by atoms with van der Waals surface area (Å²) < 4.78 is 5.44. The van der Waals surface area contributed by atoms with Gasteiger partial charge in [-0.05, 0) is 18.2 Å². The highest BCUT2D eigenvalue weighted by atomic mass is 32.1. The van der Waals surface area contributed by atoms with Crippen LogP contribution >= 0.6 is 12.6 Å². The number of thiol groups is 1. The average Bonchev–Trinajstić information content (AvgIpc) is 2.26. The third kappa shape index (κ3) is 2.22. The van der Waals surface area contributed by atoms with Crippen molar-refractivity contribution in [1.29, 1.82) is 0 Å². The van der Waals surface area contributed by atoms with E-state index in [9.17, 15) is 5.11 Å². The second-order valence-corrected chi connectivity index (χ2v) is 3.34. The van der Waals surface area contributed by atoms with Gasteiger partial charge in [0.15, 0.2) is 0 Å². The normalized spacial score (nSPS) is 9.93. The zero-order chi connectivity index (χ0) is 10.7. The fourth-order valence-electron chi connectivity index (χ4n) is 1.11. The van der Waals surface area contributed by atoms with E-state index in [1.807, 2.05) is 6.07 Å². The van der Waals surface area contributed by atoms with Gasteiger partial charge in [0.05, 0.1) is 4.90 Å². The van der Waals surface area contributed by atoms with Crippen LogP contribution in [0.15, 0.2) is 47.5 Å². The Kier molecular flexibility index (Phi) is 2.78. The van der Waals surface area contributed by atoms with E-state index in [-0.39, 0.29) is 5.75 Å². The second kappa shape index (κ2) is 4.23. The molecular weight excluding hydrogens is 210 g/mol. The number of pyridine rings is 1. The number of aromatic nitrogens is 1. The average molecular weight is 219 g/mol. The molecule has 2 aromatic rings. The van der Waals surface area contributed by atoms with Crippen molar-refractivity contribution in [2.45, 2.75) is 4.90 Å². The maximum Gasteiger partial charge on any atom is 0.219 e. The second-order valence-electron chi connectivity index (χ2n) is 2.89. The molecule has 0 atom stereocenters. The standard InChI is InChI=1S/C11H9NO2S/c13-8-4-3-5-9(11(8)15)14-10-6-1-2-7-12-10/h1-7,13,15H. The highest BCUT2D eigenvalue weighted by Crippen LogP contribution is 2.33. The summed E-state index contributed by atoms with van der Waals surface area (Å²) in [4.78, 5) is 4.41. The minimum atomic E-state index is 0.0896. The topological polar surface area (TPSA) is 42.4 Å². The van der Waals surface area contributed by atoms with Crippen LogP contribution in [0.1, 0.15) is 0 Å². The van der Waals surface area contributed by atoms with Gasteiger partial charge in [-0.3, -0.25) is 0 Å². The van der Waals surface area contributed by atoms with E-state index in [4.69, 9.17) is 4.74 Å². The highest BCUT2D eigenvalue weighted by molar-refractivity contribution is 7.80. The zero-order valence-corrected chi connectivity index (χ0v) is 8.69. The van der Waals surface area contributed by atoms with Gasteiger partial charge in [-0.1, -0.05) is 12.1 Å². The SMILES string of the molecule is Oc1cccc(Oc2ccccn2)c1S. The number of rotatable bonds is 2. The number of phenols is 1. The van der Waals surface area contributed by atoms with Crippen LogP contribution in [-0.2, 0) is 0 Å². The molecule has 1 aromatic heterocycles. The van der Waals surface area contributed by atoms with E-state index in [1.54, 1.807) is 36.5 Å². The maximum absolute atomic E-state index is 9.40. The molecule has 3 nitrogen and oxygen atoms in total. The lowest BCUT2D eigenvalue weighted by atomic mass is 10.3. The van der Waals surface area contributed by atoms with Gasteiger partial charge in [0.25, 0.3) is 0 Å². The molecule has 0 fully saturated rings. The van der Waals surface area contributed by atoms with Gasteiger partial charge in [0.1, 0.15) is 11.5 Å².